The van der Waals surface area contributed by atoms with Crippen molar-refractivity contribution in [3.05, 3.63) is 42.5 Å². The van der Waals surface area contributed by atoms with Crippen molar-refractivity contribution in [1.82, 2.24) is 24.6 Å². The summed E-state index contributed by atoms with van der Waals surface area (Å²) in [7, 11) is 0. The van der Waals surface area contributed by atoms with Gasteiger partial charge in [-0.15, -0.1) is 10.2 Å². The standard InChI is InChI=1S/C20H27N5O2/c26-20(18-7-2-3-8-19(18)25-15-21-22-16-25)24-11-6-12-27-17(14-24)13-23-9-4-1-5-10-23/h2-3,7-8,15-17H,1,4-6,9-14H2. The summed E-state index contributed by atoms with van der Waals surface area (Å²) in [6.45, 7) is 5.29. The molecule has 0 radical (unpaired) electrons. The number of hydrogen-bond acceptors (Lipinski definition) is 5. The van der Waals surface area contributed by atoms with E-state index in [0.717, 1.165) is 44.9 Å². The quantitative estimate of drug-likeness (QED) is 0.825. The van der Waals surface area contributed by atoms with E-state index >= 15 is 0 Å². The fourth-order valence-electron chi connectivity index (χ4n) is 4.00. The first kappa shape index (κ1) is 18.1. The topological polar surface area (TPSA) is 63.5 Å². The van der Waals surface area contributed by atoms with Crippen molar-refractivity contribution in [2.24, 2.45) is 0 Å². The number of rotatable bonds is 4. The Labute approximate surface area is 159 Å². The fourth-order valence-corrected chi connectivity index (χ4v) is 4.00. The summed E-state index contributed by atoms with van der Waals surface area (Å²) in [4.78, 5) is 17.7. The Morgan fingerprint density at radius 3 is 2.63 bits per heavy atom. The van der Waals surface area contributed by atoms with Gasteiger partial charge in [0.25, 0.3) is 5.91 Å². The molecule has 3 heterocycles. The Balaban J connectivity index is 1.49. The number of benzene rings is 1. The third-order valence-corrected chi connectivity index (χ3v) is 5.38. The first-order chi connectivity index (χ1) is 13.3. The van der Waals surface area contributed by atoms with E-state index in [9.17, 15) is 4.79 Å². The zero-order valence-corrected chi connectivity index (χ0v) is 15.7. The lowest BCUT2D eigenvalue weighted by Crippen LogP contribution is -2.44. The van der Waals surface area contributed by atoms with E-state index in [1.54, 1.807) is 17.2 Å². The van der Waals surface area contributed by atoms with E-state index in [1.165, 1.54) is 19.3 Å². The molecule has 0 saturated carbocycles. The Bertz CT molecular complexity index is 743. The minimum absolute atomic E-state index is 0.0495. The Kier molecular flexibility index (Phi) is 5.79. The fraction of sp³-hybridized carbons (Fsp3) is 0.550. The number of amides is 1. The van der Waals surface area contributed by atoms with Crippen molar-refractivity contribution >= 4 is 5.91 Å². The van der Waals surface area contributed by atoms with Gasteiger partial charge in [-0.1, -0.05) is 18.6 Å². The third-order valence-electron chi connectivity index (χ3n) is 5.38. The molecule has 1 aromatic heterocycles. The lowest BCUT2D eigenvalue weighted by molar-refractivity contribution is 0.0216. The molecule has 2 aliphatic rings. The van der Waals surface area contributed by atoms with Crippen molar-refractivity contribution < 1.29 is 9.53 Å². The molecule has 0 spiro atoms. The molecular weight excluding hydrogens is 342 g/mol. The van der Waals surface area contributed by atoms with Crippen LogP contribution in [-0.4, -0.2) is 75.9 Å². The van der Waals surface area contributed by atoms with Gasteiger partial charge in [0.1, 0.15) is 12.7 Å². The average Bonchev–Trinajstić information content (AvgIpc) is 3.15. The van der Waals surface area contributed by atoms with Gasteiger partial charge in [0.05, 0.1) is 17.4 Å². The molecule has 0 aliphatic carbocycles. The first-order valence-corrected chi connectivity index (χ1v) is 9.88. The van der Waals surface area contributed by atoms with Crippen LogP contribution in [0.15, 0.2) is 36.9 Å². The molecule has 2 aliphatic heterocycles. The molecule has 0 N–H and O–H groups in total. The smallest absolute Gasteiger partial charge is 0.256 e. The Morgan fingerprint density at radius 1 is 1.04 bits per heavy atom. The zero-order valence-electron chi connectivity index (χ0n) is 15.7. The highest BCUT2D eigenvalue weighted by atomic mass is 16.5. The van der Waals surface area contributed by atoms with Crippen LogP contribution in [0.1, 0.15) is 36.0 Å². The van der Waals surface area contributed by atoms with Gasteiger partial charge >= 0.3 is 0 Å². The van der Waals surface area contributed by atoms with Gasteiger partial charge < -0.3 is 14.5 Å². The molecule has 27 heavy (non-hydrogen) atoms. The first-order valence-electron chi connectivity index (χ1n) is 9.88. The van der Waals surface area contributed by atoms with E-state index in [4.69, 9.17) is 4.74 Å². The van der Waals surface area contributed by atoms with E-state index < -0.39 is 0 Å². The van der Waals surface area contributed by atoms with Gasteiger partial charge in [-0.2, -0.15) is 0 Å². The van der Waals surface area contributed by atoms with E-state index in [1.807, 2.05) is 29.2 Å². The molecule has 7 heteroatoms. The number of ether oxygens (including phenoxy) is 1. The molecule has 2 aromatic rings. The summed E-state index contributed by atoms with van der Waals surface area (Å²) in [6, 6.07) is 7.64. The molecule has 1 unspecified atom stereocenters. The van der Waals surface area contributed by atoms with Gasteiger partial charge in [0.15, 0.2) is 0 Å². The predicted octanol–water partition coefficient (Wildman–Crippen LogP) is 1.98. The van der Waals surface area contributed by atoms with Crippen LogP contribution in [0.2, 0.25) is 0 Å². The lowest BCUT2D eigenvalue weighted by Gasteiger charge is -2.31. The highest BCUT2D eigenvalue weighted by Crippen LogP contribution is 2.19. The molecule has 2 fully saturated rings. The van der Waals surface area contributed by atoms with Crippen LogP contribution in [0.25, 0.3) is 5.69 Å². The van der Waals surface area contributed by atoms with Crippen molar-refractivity contribution in [2.75, 3.05) is 39.3 Å². The van der Waals surface area contributed by atoms with Crippen LogP contribution in [0.3, 0.4) is 0 Å². The monoisotopic (exact) mass is 369 g/mol. The number of carbonyl (C=O) groups is 1. The number of para-hydroxylation sites is 1. The summed E-state index contributed by atoms with van der Waals surface area (Å²) in [6.07, 6.45) is 8.05. The number of carbonyl (C=O) groups excluding carboxylic acids is 1. The molecule has 7 nitrogen and oxygen atoms in total. The number of nitrogens with zero attached hydrogens (tertiary/aromatic N) is 5. The van der Waals surface area contributed by atoms with Crippen LogP contribution in [-0.2, 0) is 4.74 Å². The van der Waals surface area contributed by atoms with Crippen molar-refractivity contribution in [3.63, 3.8) is 0 Å². The van der Waals surface area contributed by atoms with Gasteiger partial charge in [-0.3, -0.25) is 9.36 Å². The molecule has 144 valence electrons. The third kappa shape index (κ3) is 4.36. The van der Waals surface area contributed by atoms with Crippen LogP contribution >= 0.6 is 0 Å². The Morgan fingerprint density at radius 2 is 1.81 bits per heavy atom. The van der Waals surface area contributed by atoms with Crippen molar-refractivity contribution in [1.29, 1.82) is 0 Å². The minimum Gasteiger partial charge on any atom is -0.375 e. The maximum Gasteiger partial charge on any atom is 0.256 e. The van der Waals surface area contributed by atoms with Crippen molar-refractivity contribution in [2.45, 2.75) is 31.8 Å². The maximum absolute atomic E-state index is 13.3. The maximum atomic E-state index is 13.3. The Hall–Kier alpha value is -2.25. The average molecular weight is 369 g/mol. The van der Waals surface area contributed by atoms with E-state index in [2.05, 4.69) is 15.1 Å². The van der Waals surface area contributed by atoms with Gasteiger partial charge in [-0.25, -0.2) is 0 Å². The van der Waals surface area contributed by atoms with E-state index in [0.29, 0.717) is 12.1 Å². The largest absolute Gasteiger partial charge is 0.375 e. The summed E-state index contributed by atoms with van der Waals surface area (Å²) in [5.74, 6) is 0.0495. The second-order valence-corrected chi connectivity index (χ2v) is 7.35. The molecule has 1 amide bonds. The van der Waals surface area contributed by atoms with Crippen LogP contribution in [0.4, 0.5) is 0 Å². The summed E-state index contributed by atoms with van der Waals surface area (Å²) in [5.41, 5.74) is 1.49. The second kappa shape index (κ2) is 8.63. The van der Waals surface area contributed by atoms with E-state index in [-0.39, 0.29) is 12.0 Å². The molecule has 1 atom stereocenters. The minimum atomic E-state index is 0.0495. The molecule has 4 rings (SSSR count). The van der Waals surface area contributed by atoms with Gasteiger partial charge in [0.2, 0.25) is 0 Å². The van der Waals surface area contributed by atoms with Crippen LogP contribution in [0.5, 0.6) is 0 Å². The highest BCUT2D eigenvalue weighted by molar-refractivity contribution is 5.97. The van der Waals surface area contributed by atoms with Gasteiger partial charge in [-0.05, 0) is 44.5 Å². The number of aromatic nitrogens is 3. The molecule has 2 saturated heterocycles. The van der Waals surface area contributed by atoms with Crippen molar-refractivity contribution in [3.8, 4) is 5.69 Å². The lowest BCUT2D eigenvalue weighted by atomic mass is 10.1. The second-order valence-electron chi connectivity index (χ2n) is 7.35. The molecule has 1 aromatic carbocycles. The molecule has 0 bridgehead atoms. The zero-order chi connectivity index (χ0) is 18.5. The van der Waals surface area contributed by atoms with Gasteiger partial charge in [0, 0.05) is 26.2 Å². The summed E-state index contributed by atoms with van der Waals surface area (Å²) in [5, 5.41) is 7.73. The number of likely N-dealkylation sites (tertiary alicyclic amines) is 1. The normalized spacial score (nSPS) is 21.8. The summed E-state index contributed by atoms with van der Waals surface area (Å²) >= 11 is 0. The molecular formula is C20H27N5O2. The number of piperidine rings is 1. The predicted molar refractivity (Wildman–Crippen MR) is 102 cm³/mol. The SMILES string of the molecule is O=C(c1ccccc1-n1cnnc1)N1CCCOC(CN2CCCCC2)C1. The number of hydrogen-bond donors (Lipinski definition) is 0. The highest BCUT2D eigenvalue weighted by Gasteiger charge is 2.27. The summed E-state index contributed by atoms with van der Waals surface area (Å²) < 4.78 is 7.85. The van der Waals surface area contributed by atoms with Crippen LogP contribution < -0.4 is 0 Å². The van der Waals surface area contributed by atoms with Crippen LogP contribution in [0, 0.1) is 0 Å².